The highest BCUT2D eigenvalue weighted by atomic mass is 16.5. The van der Waals surface area contributed by atoms with E-state index in [2.05, 4.69) is 62.2 Å². The largest absolute Gasteiger partial charge is 0.481 e. The Morgan fingerprint density at radius 3 is 2.60 bits per heavy atom. The smallest absolute Gasteiger partial charge is 0.307 e. The SMILES string of the molecule is Cc1cccc(C)c1-c1cccc(COc2cc3c(cn2)C2C(C3)C2C(=O)O)c1C. The number of hydrogen-bond donors (Lipinski definition) is 1. The molecule has 5 rings (SSSR count). The number of nitrogens with zero attached hydrogens (tertiary/aromatic N) is 1. The molecule has 0 amide bonds. The first-order valence-electron chi connectivity index (χ1n) is 10.4. The van der Waals surface area contributed by atoms with Crippen LogP contribution in [0.1, 0.15) is 39.3 Å². The molecule has 0 bridgehead atoms. The van der Waals surface area contributed by atoms with Gasteiger partial charge in [-0.1, -0.05) is 36.4 Å². The van der Waals surface area contributed by atoms with Crippen molar-refractivity contribution < 1.29 is 14.6 Å². The fourth-order valence-corrected chi connectivity index (χ4v) is 5.19. The van der Waals surface area contributed by atoms with Gasteiger partial charge in [-0.2, -0.15) is 0 Å². The predicted molar refractivity (Wildman–Crippen MR) is 116 cm³/mol. The second kappa shape index (κ2) is 6.98. The fraction of sp³-hybridized carbons (Fsp3) is 0.308. The van der Waals surface area contributed by atoms with Gasteiger partial charge in [0.1, 0.15) is 6.61 Å². The zero-order chi connectivity index (χ0) is 21.0. The normalized spacial score (nSPS) is 21.1. The van der Waals surface area contributed by atoms with Gasteiger partial charge in [-0.25, -0.2) is 4.98 Å². The molecule has 1 aromatic heterocycles. The number of fused-ring (bicyclic) bond motifs is 3. The molecule has 1 saturated carbocycles. The number of aryl methyl sites for hydroxylation is 2. The molecule has 2 aromatic carbocycles. The van der Waals surface area contributed by atoms with Gasteiger partial charge in [0.2, 0.25) is 5.88 Å². The lowest BCUT2D eigenvalue weighted by molar-refractivity contribution is -0.139. The van der Waals surface area contributed by atoms with Crippen molar-refractivity contribution in [1.29, 1.82) is 0 Å². The minimum absolute atomic E-state index is 0.148. The van der Waals surface area contributed by atoms with Crippen LogP contribution >= 0.6 is 0 Å². The Hall–Kier alpha value is -3.14. The van der Waals surface area contributed by atoms with E-state index in [1.54, 1.807) is 0 Å². The van der Waals surface area contributed by atoms with Gasteiger partial charge < -0.3 is 9.84 Å². The Labute approximate surface area is 176 Å². The van der Waals surface area contributed by atoms with Crippen LogP contribution in [0.4, 0.5) is 0 Å². The van der Waals surface area contributed by atoms with Crippen LogP contribution in [0.15, 0.2) is 48.7 Å². The molecule has 3 atom stereocenters. The number of pyridine rings is 1. The number of aliphatic carboxylic acids is 1. The predicted octanol–water partition coefficient (Wildman–Crippen LogP) is 5.22. The Kier molecular flexibility index (Phi) is 4.39. The van der Waals surface area contributed by atoms with Gasteiger partial charge in [-0.3, -0.25) is 4.79 Å². The van der Waals surface area contributed by atoms with Crippen molar-refractivity contribution in [3.63, 3.8) is 0 Å². The number of hydrogen-bond acceptors (Lipinski definition) is 3. The van der Waals surface area contributed by atoms with Crippen LogP contribution in [0.25, 0.3) is 11.1 Å². The Bertz CT molecular complexity index is 1150. The number of benzene rings is 2. The summed E-state index contributed by atoms with van der Waals surface area (Å²) in [4.78, 5) is 15.7. The van der Waals surface area contributed by atoms with E-state index in [4.69, 9.17) is 4.74 Å². The molecule has 0 aliphatic heterocycles. The summed E-state index contributed by atoms with van der Waals surface area (Å²) < 4.78 is 6.05. The number of ether oxygens (including phenoxy) is 1. The molecule has 4 nitrogen and oxygen atoms in total. The topological polar surface area (TPSA) is 59.4 Å². The molecular weight excluding hydrogens is 374 g/mol. The number of rotatable bonds is 5. The van der Waals surface area contributed by atoms with Crippen LogP contribution in [0.5, 0.6) is 5.88 Å². The summed E-state index contributed by atoms with van der Waals surface area (Å²) in [6.07, 6.45) is 2.63. The summed E-state index contributed by atoms with van der Waals surface area (Å²) in [6.45, 7) is 6.91. The fourth-order valence-electron chi connectivity index (χ4n) is 5.19. The molecule has 1 N–H and O–H groups in total. The summed E-state index contributed by atoms with van der Waals surface area (Å²) in [6, 6.07) is 14.8. The second-order valence-electron chi connectivity index (χ2n) is 8.62. The van der Waals surface area contributed by atoms with Crippen molar-refractivity contribution in [2.45, 2.75) is 39.7 Å². The summed E-state index contributed by atoms with van der Waals surface area (Å²) in [5.41, 5.74) is 9.73. The molecule has 30 heavy (non-hydrogen) atoms. The third-order valence-electron chi connectivity index (χ3n) is 6.84. The van der Waals surface area contributed by atoms with E-state index in [-0.39, 0.29) is 17.8 Å². The van der Waals surface area contributed by atoms with E-state index in [1.165, 1.54) is 33.4 Å². The van der Waals surface area contributed by atoms with Crippen molar-refractivity contribution in [1.82, 2.24) is 4.98 Å². The first-order chi connectivity index (χ1) is 14.5. The van der Waals surface area contributed by atoms with Gasteiger partial charge in [0, 0.05) is 18.2 Å². The summed E-state index contributed by atoms with van der Waals surface area (Å²) in [5.74, 6) is 0.0940. The first-order valence-corrected chi connectivity index (χ1v) is 10.4. The van der Waals surface area contributed by atoms with Crippen LogP contribution in [0.3, 0.4) is 0 Å². The van der Waals surface area contributed by atoms with Gasteiger partial charge in [0.15, 0.2) is 0 Å². The highest BCUT2D eigenvalue weighted by Gasteiger charge is 2.59. The Balaban J connectivity index is 1.35. The molecule has 2 aliphatic rings. The van der Waals surface area contributed by atoms with Crippen molar-refractivity contribution in [2.24, 2.45) is 11.8 Å². The zero-order valence-corrected chi connectivity index (χ0v) is 17.5. The third kappa shape index (κ3) is 2.98. The Morgan fingerprint density at radius 2 is 1.87 bits per heavy atom. The second-order valence-corrected chi connectivity index (χ2v) is 8.62. The van der Waals surface area contributed by atoms with Gasteiger partial charge in [0.25, 0.3) is 0 Å². The van der Waals surface area contributed by atoms with E-state index in [0.717, 1.165) is 17.5 Å². The van der Waals surface area contributed by atoms with Gasteiger partial charge in [-0.15, -0.1) is 0 Å². The molecule has 0 spiro atoms. The molecule has 1 fully saturated rings. The molecule has 3 unspecified atom stereocenters. The quantitative estimate of drug-likeness (QED) is 0.639. The highest BCUT2D eigenvalue weighted by molar-refractivity contribution is 5.78. The molecule has 152 valence electrons. The summed E-state index contributed by atoms with van der Waals surface area (Å²) >= 11 is 0. The van der Waals surface area contributed by atoms with Crippen LogP contribution in [0.2, 0.25) is 0 Å². The Morgan fingerprint density at radius 1 is 1.13 bits per heavy atom. The molecule has 0 radical (unpaired) electrons. The van der Waals surface area contributed by atoms with E-state index in [9.17, 15) is 9.90 Å². The first kappa shape index (κ1) is 18.9. The number of aromatic nitrogens is 1. The number of carboxylic acids is 1. The minimum atomic E-state index is -0.685. The average molecular weight is 399 g/mol. The number of carbonyl (C=O) groups is 1. The minimum Gasteiger partial charge on any atom is -0.481 e. The molecule has 3 aromatic rings. The third-order valence-corrected chi connectivity index (χ3v) is 6.84. The maximum Gasteiger partial charge on any atom is 0.307 e. The summed E-state index contributed by atoms with van der Waals surface area (Å²) in [7, 11) is 0. The lowest BCUT2D eigenvalue weighted by Crippen LogP contribution is -2.06. The van der Waals surface area contributed by atoms with Gasteiger partial charge in [0.05, 0.1) is 5.92 Å². The molecule has 1 heterocycles. The van der Waals surface area contributed by atoms with E-state index in [0.29, 0.717) is 12.5 Å². The van der Waals surface area contributed by atoms with E-state index < -0.39 is 5.97 Å². The van der Waals surface area contributed by atoms with Crippen molar-refractivity contribution >= 4 is 5.97 Å². The maximum absolute atomic E-state index is 11.3. The van der Waals surface area contributed by atoms with Crippen LogP contribution in [0, 0.1) is 32.6 Å². The molecule has 2 aliphatic carbocycles. The number of carboxylic acid groups (broad SMARTS) is 1. The standard InChI is InChI=1S/C26H25NO3/c1-14-6-4-7-15(2)23(14)19-9-5-8-17(16(19)3)13-30-22-11-18-10-20-24(21(18)12-27-22)25(20)26(28)29/h4-9,11-12,20,24-25H,10,13H2,1-3H3,(H,28,29). The van der Waals surface area contributed by atoms with Gasteiger partial charge >= 0.3 is 5.97 Å². The van der Waals surface area contributed by atoms with Crippen molar-refractivity contribution in [3.8, 4) is 17.0 Å². The van der Waals surface area contributed by atoms with Crippen LogP contribution in [-0.2, 0) is 17.8 Å². The molecular formula is C26H25NO3. The highest BCUT2D eigenvalue weighted by Crippen LogP contribution is 2.61. The lowest BCUT2D eigenvalue weighted by Gasteiger charge is -2.16. The van der Waals surface area contributed by atoms with Crippen molar-refractivity contribution in [3.05, 3.63) is 82.0 Å². The molecule has 4 heteroatoms. The van der Waals surface area contributed by atoms with Crippen LogP contribution < -0.4 is 4.74 Å². The monoisotopic (exact) mass is 399 g/mol. The van der Waals surface area contributed by atoms with E-state index in [1.807, 2.05) is 12.3 Å². The summed E-state index contributed by atoms with van der Waals surface area (Å²) in [5, 5.41) is 9.27. The lowest BCUT2D eigenvalue weighted by atomic mass is 9.91. The van der Waals surface area contributed by atoms with Gasteiger partial charge in [-0.05, 0) is 77.6 Å². The zero-order valence-electron chi connectivity index (χ0n) is 17.5. The van der Waals surface area contributed by atoms with E-state index >= 15 is 0 Å². The molecule has 0 saturated heterocycles. The maximum atomic E-state index is 11.3. The van der Waals surface area contributed by atoms with Crippen molar-refractivity contribution in [2.75, 3.05) is 0 Å². The van der Waals surface area contributed by atoms with Crippen LogP contribution in [-0.4, -0.2) is 16.1 Å². The average Bonchev–Trinajstić information content (AvgIpc) is 3.31.